The quantitative estimate of drug-likeness (QED) is 0.278. The second kappa shape index (κ2) is 14.0. The minimum Gasteiger partial charge on any atom is -0.487 e. The van der Waals surface area contributed by atoms with E-state index in [1.807, 2.05) is 49.4 Å². The van der Waals surface area contributed by atoms with Crippen molar-refractivity contribution in [3.63, 3.8) is 0 Å². The normalized spacial score (nSPS) is 19.6. The van der Waals surface area contributed by atoms with E-state index in [-0.39, 0.29) is 36.1 Å². The molecule has 234 valence electrons. The molecular weight excluding hydrogens is 558 g/mol. The smallest absolute Gasteiger partial charge is 0.323 e. The molecule has 0 saturated heterocycles. The van der Waals surface area contributed by atoms with E-state index in [0.717, 1.165) is 36.5 Å². The molecule has 0 bridgehead atoms. The first kappa shape index (κ1) is 31.1. The largest absolute Gasteiger partial charge is 0.487 e. The van der Waals surface area contributed by atoms with Crippen LogP contribution in [0.3, 0.4) is 0 Å². The molecule has 0 radical (unpaired) electrons. The molecule has 0 aromatic heterocycles. The summed E-state index contributed by atoms with van der Waals surface area (Å²) in [4.78, 5) is 43.1. The minimum absolute atomic E-state index is 0.129. The number of carbonyl (C=O) groups excluding carboxylic acids is 3. The van der Waals surface area contributed by atoms with Crippen LogP contribution in [-0.2, 0) is 0 Å². The summed E-state index contributed by atoms with van der Waals surface area (Å²) >= 11 is 0. The summed E-state index contributed by atoms with van der Waals surface area (Å²) in [6, 6.07) is 17.6. The number of aliphatic hydroxyl groups excluding tert-OH is 1. The van der Waals surface area contributed by atoms with Gasteiger partial charge >= 0.3 is 12.1 Å². The van der Waals surface area contributed by atoms with Gasteiger partial charge in [-0.15, -0.1) is 0 Å². The van der Waals surface area contributed by atoms with Gasteiger partial charge in [-0.05, 0) is 49.4 Å². The van der Waals surface area contributed by atoms with E-state index in [0.29, 0.717) is 30.2 Å². The van der Waals surface area contributed by atoms with Crippen LogP contribution >= 0.6 is 0 Å². The number of nitrogens with one attached hydrogen (secondary N) is 3. The van der Waals surface area contributed by atoms with E-state index in [1.165, 1.54) is 6.42 Å². The number of hydrogen-bond acceptors (Lipinski definition) is 5. The Labute approximate surface area is 258 Å². The van der Waals surface area contributed by atoms with Gasteiger partial charge in [-0.1, -0.05) is 62.6 Å². The molecule has 1 heterocycles. The van der Waals surface area contributed by atoms with Crippen LogP contribution in [0.2, 0.25) is 0 Å². The van der Waals surface area contributed by atoms with Crippen molar-refractivity contribution in [2.75, 3.05) is 37.4 Å². The molecule has 1 fully saturated rings. The van der Waals surface area contributed by atoms with Gasteiger partial charge in [0.1, 0.15) is 11.9 Å². The Morgan fingerprint density at radius 3 is 2.57 bits per heavy atom. The summed E-state index contributed by atoms with van der Waals surface area (Å²) in [7, 11) is 1.76. The highest BCUT2D eigenvalue weighted by molar-refractivity contribution is 6.07. The molecule has 1 saturated carbocycles. The van der Waals surface area contributed by atoms with Crippen molar-refractivity contribution in [2.45, 2.75) is 64.1 Å². The highest BCUT2D eigenvalue weighted by Crippen LogP contribution is 2.31. The van der Waals surface area contributed by atoms with Gasteiger partial charge in [0, 0.05) is 36.6 Å². The number of likely N-dealkylation sites (N-methyl/N-ethyl adjacent to an activating group) is 1. The molecule has 3 aromatic carbocycles. The van der Waals surface area contributed by atoms with E-state index >= 15 is 0 Å². The summed E-state index contributed by atoms with van der Waals surface area (Å²) in [5.74, 6) is -0.0635. The topological polar surface area (TPSA) is 123 Å². The second-order valence-electron chi connectivity index (χ2n) is 12.1. The number of aliphatic hydroxyl groups is 1. The summed E-state index contributed by atoms with van der Waals surface area (Å²) in [5.41, 5.74) is 1.37. The number of benzene rings is 3. The summed E-state index contributed by atoms with van der Waals surface area (Å²) in [5, 5.41) is 20.8. The predicted octanol–water partition coefficient (Wildman–Crippen LogP) is 5.68. The number of urea groups is 2. The van der Waals surface area contributed by atoms with Gasteiger partial charge in [-0.25, -0.2) is 9.59 Å². The molecule has 4 N–H and O–H groups in total. The van der Waals surface area contributed by atoms with Gasteiger partial charge in [0.25, 0.3) is 5.91 Å². The Morgan fingerprint density at radius 2 is 1.80 bits per heavy atom. The fourth-order valence-electron chi connectivity index (χ4n) is 6.02. The number of anilines is 2. The van der Waals surface area contributed by atoms with Crippen LogP contribution < -0.4 is 20.7 Å². The minimum atomic E-state index is -0.446. The molecule has 10 heteroatoms. The fourth-order valence-corrected chi connectivity index (χ4v) is 6.02. The van der Waals surface area contributed by atoms with Crippen LogP contribution in [0.1, 0.15) is 56.3 Å². The lowest BCUT2D eigenvalue weighted by atomic mass is 9.96. The maximum atomic E-state index is 13.8. The zero-order chi connectivity index (χ0) is 31.2. The Kier molecular flexibility index (Phi) is 9.89. The molecule has 10 nitrogen and oxygen atoms in total. The number of fused-ring (bicyclic) bond motifs is 2. The van der Waals surface area contributed by atoms with Crippen molar-refractivity contribution in [1.29, 1.82) is 0 Å². The lowest BCUT2D eigenvalue weighted by Gasteiger charge is -2.38. The van der Waals surface area contributed by atoms with E-state index in [1.54, 1.807) is 42.0 Å². The van der Waals surface area contributed by atoms with Crippen LogP contribution in [0.25, 0.3) is 10.8 Å². The van der Waals surface area contributed by atoms with Gasteiger partial charge in [0.15, 0.2) is 0 Å². The van der Waals surface area contributed by atoms with Crippen LogP contribution in [0.5, 0.6) is 5.75 Å². The number of amides is 5. The van der Waals surface area contributed by atoms with Crippen molar-refractivity contribution in [3.05, 3.63) is 66.2 Å². The third kappa shape index (κ3) is 7.24. The van der Waals surface area contributed by atoms with E-state index in [2.05, 4.69) is 16.0 Å². The van der Waals surface area contributed by atoms with Gasteiger partial charge in [0.2, 0.25) is 0 Å². The first-order valence-electron chi connectivity index (χ1n) is 15.5. The predicted molar refractivity (Wildman–Crippen MR) is 172 cm³/mol. The fraction of sp³-hybridized carbons (Fsp3) is 0.441. The molecule has 3 aromatic rings. The summed E-state index contributed by atoms with van der Waals surface area (Å²) in [6.07, 6.45) is 5.05. The molecule has 5 rings (SSSR count). The summed E-state index contributed by atoms with van der Waals surface area (Å²) in [6.45, 7) is 4.24. The van der Waals surface area contributed by atoms with Crippen LogP contribution in [0.15, 0.2) is 60.7 Å². The Balaban J connectivity index is 1.34. The SMILES string of the molecule is C[C@@H]1CN([C@@H](C)CO)C(=O)c2cc(NC(=O)Nc3cccc4ccccc34)ccc2O[C@H]1CN(C)C(=O)NC1CCCCC1. The highest BCUT2D eigenvalue weighted by Gasteiger charge is 2.34. The maximum Gasteiger partial charge on any atom is 0.323 e. The third-order valence-corrected chi connectivity index (χ3v) is 8.69. The standard InChI is InChI=1S/C34H43N5O5/c1-22-19-39(23(2)21-40)32(41)28-18-26(35-33(42)37-29-15-9-11-24-10-7-8-14-27(24)29)16-17-30(28)44-31(22)20-38(3)34(43)36-25-12-5-4-6-13-25/h7-11,14-18,22-23,25,31,40H,4-6,12-13,19-21H2,1-3H3,(H,36,43)(H2,35,37,42)/t22-,23+,31+/m1/s1. The molecule has 3 atom stereocenters. The highest BCUT2D eigenvalue weighted by atomic mass is 16.5. The Hall–Kier alpha value is -4.31. The zero-order valence-corrected chi connectivity index (χ0v) is 25.7. The van der Waals surface area contributed by atoms with E-state index in [9.17, 15) is 19.5 Å². The number of rotatable bonds is 7. The van der Waals surface area contributed by atoms with Crippen molar-refractivity contribution in [3.8, 4) is 5.75 Å². The number of hydrogen-bond donors (Lipinski definition) is 4. The zero-order valence-electron chi connectivity index (χ0n) is 25.7. The first-order valence-corrected chi connectivity index (χ1v) is 15.5. The van der Waals surface area contributed by atoms with Gasteiger partial charge in [0.05, 0.1) is 30.4 Å². The molecule has 0 unspecified atom stereocenters. The lowest BCUT2D eigenvalue weighted by molar-refractivity contribution is 0.0366. The number of nitrogens with zero attached hydrogens (tertiary/aromatic N) is 2. The van der Waals surface area contributed by atoms with Gasteiger partial charge in [-0.3, -0.25) is 4.79 Å². The van der Waals surface area contributed by atoms with Crippen LogP contribution in [0, 0.1) is 5.92 Å². The van der Waals surface area contributed by atoms with Crippen molar-refractivity contribution < 1.29 is 24.2 Å². The lowest BCUT2D eigenvalue weighted by Crippen LogP contribution is -2.52. The summed E-state index contributed by atoms with van der Waals surface area (Å²) < 4.78 is 6.44. The van der Waals surface area contributed by atoms with Crippen molar-refractivity contribution in [1.82, 2.24) is 15.1 Å². The monoisotopic (exact) mass is 601 g/mol. The Morgan fingerprint density at radius 1 is 1.05 bits per heavy atom. The number of ether oxygens (including phenoxy) is 1. The number of carbonyl (C=O) groups is 3. The molecule has 1 aliphatic carbocycles. The average Bonchev–Trinajstić information content (AvgIpc) is 3.03. The van der Waals surface area contributed by atoms with Crippen molar-refractivity contribution in [2.24, 2.45) is 5.92 Å². The molecule has 2 aliphatic rings. The maximum absolute atomic E-state index is 13.8. The Bertz CT molecular complexity index is 1480. The molecular formula is C34H43N5O5. The first-order chi connectivity index (χ1) is 21.2. The molecule has 5 amide bonds. The van der Waals surface area contributed by atoms with Gasteiger partial charge < -0.3 is 35.6 Å². The van der Waals surface area contributed by atoms with Crippen LogP contribution in [0.4, 0.5) is 21.0 Å². The van der Waals surface area contributed by atoms with Crippen molar-refractivity contribution >= 4 is 40.1 Å². The van der Waals surface area contributed by atoms with Crippen LogP contribution in [-0.4, -0.2) is 77.8 Å². The van der Waals surface area contributed by atoms with E-state index in [4.69, 9.17) is 4.74 Å². The van der Waals surface area contributed by atoms with E-state index < -0.39 is 18.2 Å². The third-order valence-electron chi connectivity index (χ3n) is 8.69. The van der Waals surface area contributed by atoms with Gasteiger partial charge in [-0.2, -0.15) is 0 Å². The molecule has 1 aliphatic heterocycles. The average molecular weight is 602 g/mol. The molecule has 44 heavy (non-hydrogen) atoms. The molecule has 0 spiro atoms. The second-order valence-corrected chi connectivity index (χ2v) is 12.1.